The lowest BCUT2D eigenvalue weighted by atomic mass is 9.85. The van der Waals surface area contributed by atoms with Crippen molar-refractivity contribution in [1.29, 1.82) is 0 Å². The molecule has 0 aromatic heterocycles. The van der Waals surface area contributed by atoms with Gasteiger partial charge < -0.3 is 10.4 Å². The second-order valence-electron chi connectivity index (χ2n) is 6.46. The molecule has 0 aromatic carbocycles. The van der Waals surface area contributed by atoms with Gasteiger partial charge in [0.05, 0.1) is 13.2 Å². The van der Waals surface area contributed by atoms with E-state index in [1.165, 1.54) is 11.9 Å². The van der Waals surface area contributed by atoms with E-state index in [1.54, 1.807) is 0 Å². The van der Waals surface area contributed by atoms with Gasteiger partial charge in [0.25, 0.3) is 0 Å². The van der Waals surface area contributed by atoms with Crippen molar-refractivity contribution in [2.75, 3.05) is 26.7 Å². The Morgan fingerprint density at radius 1 is 1.30 bits per heavy atom. The van der Waals surface area contributed by atoms with Crippen LogP contribution in [0.25, 0.3) is 0 Å². The molecule has 0 radical (unpaired) electrons. The third-order valence-electron chi connectivity index (χ3n) is 4.62. The molecule has 2 aliphatic carbocycles. The van der Waals surface area contributed by atoms with Gasteiger partial charge >= 0.3 is 6.18 Å². The third kappa shape index (κ3) is 4.33. The van der Waals surface area contributed by atoms with Crippen molar-refractivity contribution < 1.29 is 18.3 Å². The molecule has 0 aliphatic heterocycles. The van der Waals surface area contributed by atoms with Crippen molar-refractivity contribution >= 4 is 0 Å². The van der Waals surface area contributed by atoms with E-state index in [0.29, 0.717) is 19.0 Å². The number of aliphatic hydroxyl groups excluding tert-OH is 1. The van der Waals surface area contributed by atoms with E-state index in [-0.39, 0.29) is 18.1 Å². The Kier molecular flexibility index (Phi) is 4.97. The standard InChI is InChI=1S/C14H25F3N2O/c1-19(9-14(15,16)17)8-6-11-3-2-7-13(11,10-20)18-12-4-5-12/h11-12,18,20H,2-10H2,1H3. The molecule has 2 N–H and O–H groups in total. The molecule has 118 valence electrons. The summed E-state index contributed by atoms with van der Waals surface area (Å²) < 4.78 is 36.9. The van der Waals surface area contributed by atoms with Gasteiger partial charge in [-0.3, -0.25) is 4.90 Å². The molecule has 6 heteroatoms. The first-order valence-corrected chi connectivity index (χ1v) is 7.48. The summed E-state index contributed by atoms with van der Waals surface area (Å²) in [5.74, 6) is 0.281. The Labute approximate surface area is 118 Å². The fourth-order valence-electron chi connectivity index (χ4n) is 3.40. The quantitative estimate of drug-likeness (QED) is 0.755. The molecule has 3 nitrogen and oxygen atoms in total. The van der Waals surface area contributed by atoms with Crippen molar-refractivity contribution in [3.05, 3.63) is 0 Å². The molecule has 2 atom stereocenters. The minimum Gasteiger partial charge on any atom is -0.394 e. The molecule has 0 aromatic rings. The zero-order valence-corrected chi connectivity index (χ0v) is 12.0. The van der Waals surface area contributed by atoms with Crippen molar-refractivity contribution in [1.82, 2.24) is 10.2 Å². The second-order valence-corrected chi connectivity index (χ2v) is 6.46. The highest BCUT2D eigenvalue weighted by atomic mass is 19.4. The van der Waals surface area contributed by atoms with Gasteiger partial charge in [0.15, 0.2) is 0 Å². The highest BCUT2D eigenvalue weighted by Gasteiger charge is 2.45. The summed E-state index contributed by atoms with van der Waals surface area (Å²) in [7, 11) is 1.51. The maximum Gasteiger partial charge on any atom is 0.401 e. The smallest absolute Gasteiger partial charge is 0.394 e. The number of nitrogens with zero attached hydrogens (tertiary/aromatic N) is 1. The zero-order chi connectivity index (χ0) is 14.8. The number of aliphatic hydroxyl groups is 1. The summed E-state index contributed by atoms with van der Waals surface area (Å²) >= 11 is 0. The second kappa shape index (κ2) is 6.20. The van der Waals surface area contributed by atoms with Crippen LogP contribution in [0, 0.1) is 5.92 Å². The van der Waals surface area contributed by atoms with Crippen molar-refractivity contribution in [3.63, 3.8) is 0 Å². The lowest BCUT2D eigenvalue weighted by molar-refractivity contribution is -0.143. The van der Waals surface area contributed by atoms with Gasteiger partial charge in [-0.25, -0.2) is 0 Å². The maximum atomic E-state index is 12.3. The van der Waals surface area contributed by atoms with Crippen LogP contribution in [-0.4, -0.2) is 54.5 Å². The Hall–Kier alpha value is -0.330. The van der Waals surface area contributed by atoms with Crippen LogP contribution < -0.4 is 5.32 Å². The van der Waals surface area contributed by atoms with Crippen LogP contribution >= 0.6 is 0 Å². The summed E-state index contributed by atoms with van der Waals surface area (Å²) in [5, 5.41) is 13.3. The Bertz CT molecular complexity index is 320. The molecule has 0 amide bonds. The molecule has 2 rings (SSSR count). The van der Waals surface area contributed by atoms with Gasteiger partial charge in [0.1, 0.15) is 0 Å². The van der Waals surface area contributed by atoms with Gasteiger partial charge in [0.2, 0.25) is 0 Å². The van der Waals surface area contributed by atoms with Crippen LogP contribution in [-0.2, 0) is 0 Å². The summed E-state index contributed by atoms with van der Waals surface area (Å²) in [6.07, 6.45) is 1.88. The normalized spacial score (nSPS) is 31.2. The molecule has 0 saturated heterocycles. The largest absolute Gasteiger partial charge is 0.401 e. The average Bonchev–Trinajstić information content (AvgIpc) is 3.04. The molecule has 20 heavy (non-hydrogen) atoms. The SMILES string of the molecule is CN(CCC1CCCC1(CO)NC1CC1)CC(F)(F)F. The van der Waals surface area contributed by atoms with E-state index in [9.17, 15) is 18.3 Å². The van der Waals surface area contributed by atoms with E-state index in [1.807, 2.05) is 0 Å². The lowest BCUT2D eigenvalue weighted by Crippen LogP contribution is -2.53. The van der Waals surface area contributed by atoms with Gasteiger partial charge in [-0.15, -0.1) is 0 Å². The van der Waals surface area contributed by atoms with Crippen molar-refractivity contribution in [3.8, 4) is 0 Å². The van der Waals surface area contributed by atoms with Gasteiger partial charge in [-0.2, -0.15) is 13.2 Å². The number of hydrogen-bond donors (Lipinski definition) is 2. The van der Waals surface area contributed by atoms with E-state index >= 15 is 0 Å². The van der Waals surface area contributed by atoms with Crippen molar-refractivity contribution in [2.24, 2.45) is 5.92 Å². The molecular formula is C14H25F3N2O. The summed E-state index contributed by atoms with van der Waals surface area (Å²) in [6.45, 7) is -0.336. The van der Waals surface area contributed by atoms with Gasteiger partial charge in [-0.05, 0) is 51.6 Å². The first kappa shape index (κ1) is 16.0. The third-order valence-corrected chi connectivity index (χ3v) is 4.62. The first-order chi connectivity index (χ1) is 9.35. The highest BCUT2D eigenvalue weighted by Crippen LogP contribution is 2.40. The maximum absolute atomic E-state index is 12.3. The summed E-state index contributed by atoms with van der Waals surface area (Å²) in [5.41, 5.74) is -0.250. The first-order valence-electron chi connectivity index (χ1n) is 7.48. The fraction of sp³-hybridized carbons (Fsp3) is 1.00. The van der Waals surface area contributed by atoms with E-state index in [0.717, 1.165) is 32.1 Å². The van der Waals surface area contributed by atoms with Crippen LogP contribution in [0.4, 0.5) is 13.2 Å². The highest BCUT2D eigenvalue weighted by molar-refractivity contribution is 5.03. The number of nitrogens with one attached hydrogen (secondary N) is 1. The van der Waals surface area contributed by atoms with Crippen molar-refractivity contribution in [2.45, 2.75) is 56.3 Å². The van der Waals surface area contributed by atoms with E-state index in [2.05, 4.69) is 5.32 Å². The monoisotopic (exact) mass is 294 g/mol. The number of rotatable bonds is 7. The summed E-state index contributed by atoms with van der Waals surface area (Å²) in [4.78, 5) is 1.33. The number of halogens is 3. The van der Waals surface area contributed by atoms with E-state index < -0.39 is 12.7 Å². The molecule has 0 heterocycles. The molecule has 0 spiro atoms. The zero-order valence-electron chi connectivity index (χ0n) is 12.0. The minimum absolute atomic E-state index is 0.0944. The number of alkyl halides is 3. The minimum atomic E-state index is -4.13. The molecule has 0 bridgehead atoms. The van der Waals surface area contributed by atoms with E-state index in [4.69, 9.17) is 0 Å². The van der Waals surface area contributed by atoms with Crippen LogP contribution in [0.5, 0.6) is 0 Å². The van der Waals surface area contributed by atoms with Crippen LogP contribution in [0.2, 0.25) is 0 Å². The Morgan fingerprint density at radius 2 is 2.00 bits per heavy atom. The predicted molar refractivity (Wildman–Crippen MR) is 71.5 cm³/mol. The van der Waals surface area contributed by atoms with Crippen LogP contribution in [0.3, 0.4) is 0 Å². The average molecular weight is 294 g/mol. The van der Waals surface area contributed by atoms with Gasteiger partial charge in [0, 0.05) is 11.6 Å². The number of hydrogen-bond acceptors (Lipinski definition) is 3. The van der Waals surface area contributed by atoms with Gasteiger partial charge in [-0.1, -0.05) is 6.42 Å². The fourth-order valence-corrected chi connectivity index (χ4v) is 3.40. The predicted octanol–water partition coefficient (Wildman–Crippen LogP) is 2.15. The Balaban J connectivity index is 1.83. The topological polar surface area (TPSA) is 35.5 Å². The molecule has 2 aliphatic rings. The van der Waals surface area contributed by atoms with Crippen LogP contribution in [0.15, 0.2) is 0 Å². The molecule has 2 saturated carbocycles. The van der Waals surface area contributed by atoms with Crippen LogP contribution in [0.1, 0.15) is 38.5 Å². The molecular weight excluding hydrogens is 269 g/mol. The summed E-state index contributed by atoms with van der Waals surface area (Å²) in [6, 6.07) is 0.510. The molecule has 2 fully saturated rings. The molecule has 2 unspecified atom stereocenters. The Morgan fingerprint density at radius 3 is 2.55 bits per heavy atom. The lowest BCUT2D eigenvalue weighted by Gasteiger charge is -2.36.